The van der Waals surface area contributed by atoms with Crippen molar-refractivity contribution in [2.75, 3.05) is 0 Å². The molecular formula is C21H19Cl2NO3S. The number of carbonyl (C=O) groups excluding carboxylic acids is 2. The summed E-state index contributed by atoms with van der Waals surface area (Å²) in [5.74, 6) is 0.337. The smallest absolute Gasteiger partial charge is 0.293 e. The number of hydrogen-bond donors (Lipinski definition) is 0. The summed E-state index contributed by atoms with van der Waals surface area (Å²) in [6.45, 7) is 4.13. The van der Waals surface area contributed by atoms with Crippen molar-refractivity contribution in [1.29, 1.82) is 0 Å². The zero-order valence-electron chi connectivity index (χ0n) is 15.4. The number of halogens is 2. The van der Waals surface area contributed by atoms with E-state index in [0.29, 0.717) is 26.3 Å². The van der Waals surface area contributed by atoms with Crippen LogP contribution in [0.5, 0.6) is 5.75 Å². The molecule has 0 saturated carbocycles. The van der Waals surface area contributed by atoms with E-state index in [0.717, 1.165) is 23.7 Å². The average Bonchev–Trinajstić information content (AvgIpc) is 2.92. The Hall–Kier alpha value is -1.95. The van der Waals surface area contributed by atoms with Crippen LogP contribution < -0.4 is 4.74 Å². The maximum Gasteiger partial charge on any atom is 0.293 e. The van der Waals surface area contributed by atoms with E-state index >= 15 is 0 Å². The first kappa shape index (κ1) is 20.8. The lowest BCUT2D eigenvalue weighted by atomic mass is 10.1. The van der Waals surface area contributed by atoms with Crippen LogP contribution in [0.2, 0.25) is 10.0 Å². The van der Waals surface area contributed by atoms with E-state index < -0.39 is 0 Å². The van der Waals surface area contributed by atoms with Crippen LogP contribution in [0.3, 0.4) is 0 Å². The van der Waals surface area contributed by atoms with Crippen LogP contribution in [0.15, 0.2) is 47.4 Å². The van der Waals surface area contributed by atoms with Crippen LogP contribution in [0.25, 0.3) is 6.08 Å². The molecule has 0 spiro atoms. The fraction of sp³-hybridized carbons (Fsp3) is 0.238. The highest BCUT2D eigenvalue weighted by atomic mass is 35.5. The first-order chi connectivity index (χ1) is 13.4. The molecule has 0 unspecified atom stereocenters. The number of hydrogen-bond acceptors (Lipinski definition) is 4. The minimum Gasteiger partial charge on any atom is -0.490 e. The molecule has 146 valence electrons. The standard InChI is InChI=1S/C21H19Cl2NO3S/c1-3-13(2)27-18-7-5-4-6-14(18)10-19-20(25)24(21(26)28-19)12-15-8-9-16(22)11-17(15)23/h4-11,13H,3,12H2,1-2H3/b19-10+/t13-/m1/s1. The highest BCUT2D eigenvalue weighted by Crippen LogP contribution is 2.36. The first-order valence-corrected chi connectivity index (χ1v) is 10.4. The molecule has 0 N–H and O–H groups in total. The molecule has 28 heavy (non-hydrogen) atoms. The van der Waals surface area contributed by atoms with Gasteiger partial charge in [-0.05, 0) is 54.9 Å². The van der Waals surface area contributed by atoms with Gasteiger partial charge >= 0.3 is 0 Å². The van der Waals surface area contributed by atoms with Crippen LogP contribution in [-0.4, -0.2) is 22.2 Å². The van der Waals surface area contributed by atoms with Gasteiger partial charge in [0.15, 0.2) is 0 Å². The monoisotopic (exact) mass is 435 g/mol. The van der Waals surface area contributed by atoms with Crippen LogP contribution >= 0.6 is 35.0 Å². The third-order valence-corrected chi connectivity index (χ3v) is 5.82. The summed E-state index contributed by atoms with van der Waals surface area (Å²) in [6, 6.07) is 12.5. The average molecular weight is 436 g/mol. The zero-order chi connectivity index (χ0) is 20.3. The number of ether oxygens (including phenoxy) is 1. The summed E-state index contributed by atoms with van der Waals surface area (Å²) >= 11 is 13.0. The molecule has 1 heterocycles. The highest BCUT2D eigenvalue weighted by Gasteiger charge is 2.35. The number of rotatable bonds is 6. The fourth-order valence-corrected chi connectivity index (χ4v) is 3.90. The molecule has 3 rings (SSSR count). The van der Waals surface area contributed by atoms with Crippen molar-refractivity contribution in [3.05, 3.63) is 68.5 Å². The lowest BCUT2D eigenvalue weighted by Gasteiger charge is -2.15. The highest BCUT2D eigenvalue weighted by molar-refractivity contribution is 8.18. The predicted molar refractivity (Wildman–Crippen MR) is 115 cm³/mol. The van der Waals surface area contributed by atoms with Gasteiger partial charge in [-0.25, -0.2) is 0 Å². The summed E-state index contributed by atoms with van der Waals surface area (Å²) in [5, 5.41) is 0.589. The van der Waals surface area contributed by atoms with Gasteiger partial charge in [0.05, 0.1) is 17.6 Å². The van der Waals surface area contributed by atoms with Gasteiger partial charge in [-0.3, -0.25) is 14.5 Å². The zero-order valence-corrected chi connectivity index (χ0v) is 17.8. The van der Waals surface area contributed by atoms with Gasteiger partial charge in [0, 0.05) is 15.6 Å². The van der Waals surface area contributed by atoms with Crippen molar-refractivity contribution in [3.8, 4) is 5.75 Å². The molecular weight excluding hydrogens is 417 g/mol. The van der Waals surface area contributed by atoms with Gasteiger partial charge in [-0.2, -0.15) is 0 Å². The Kier molecular flexibility index (Phi) is 6.70. The molecule has 2 amide bonds. The number of carbonyl (C=O) groups is 2. The van der Waals surface area contributed by atoms with Crippen molar-refractivity contribution < 1.29 is 14.3 Å². The van der Waals surface area contributed by atoms with E-state index in [1.165, 1.54) is 4.90 Å². The largest absolute Gasteiger partial charge is 0.490 e. The minimum absolute atomic E-state index is 0.0525. The van der Waals surface area contributed by atoms with Crippen LogP contribution in [0, 0.1) is 0 Å². The number of para-hydroxylation sites is 1. The molecule has 4 nitrogen and oxygen atoms in total. The Bertz CT molecular complexity index is 945. The van der Waals surface area contributed by atoms with Gasteiger partial charge in [-0.1, -0.05) is 54.4 Å². The summed E-state index contributed by atoms with van der Waals surface area (Å²) in [5.41, 5.74) is 1.42. The van der Waals surface area contributed by atoms with E-state index in [2.05, 4.69) is 0 Å². The number of thioether (sulfide) groups is 1. The molecule has 0 aromatic heterocycles. The van der Waals surface area contributed by atoms with Crippen molar-refractivity contribution in [3.63, 3.8) is 0 Å². The second-order valence-corrected chi connectivity index (χ2v) is 8.21. The molecule has 0 bridgehead atoms. The molecule has 0 aliphatic carbocycles. The Morgan fingerprint density at radius 1 is 1.18 bits per heavy atom. The third kappa shape index (κ3) is 4.72. The van der Waals surface area contributed by atoms with Gasteiger partial charge < -0.3 is 4.74 Å². The number of benzene rings is 2. The SMILES string of the molecule is CC[C@@H](C)Oc1ccccc1/C=C1/SC(=O)N(Cc2ccc(Cl)cc2Cl)C1=O. The number of nitrogens with zero attached hydrogens (tertiary/aromatic N) is 1. The van der Waals surface area contributed by atoms with Crippen LogP contribution in [-0.2, 0) is 11.3 Å². The van der Waals surface area contributed by atoms with E-state index in [9.17, 15) is 9.59 Å². The topological polar surface area (TPSA) is 46.6 Å². The molecule has 7 heteroatoms. The molecule has 1 saturated heterocycles. The van der Waals surface area contributed by atoms with Gasteiger partial charge in [0.1, 0.15) is 5.75 Å². The summed E-state index contributed by atoms with van der Waals surface area (Å²) in [7, 11) is 0. The van der Waals surface area contributed by atoms with Gasteiger partial charge in [0.25, 0.3) is 11.1 Å². The van der Waals surface area contributed by atoms with Crippen molar-refractivity contribution in [2.24, 2.45) is 0 Å². The van der Waals surface area contributed by atoms with Crippen LogP contribution in [0.4, 0.5) is 4.79 Å². The van der Waals surface area contributed by atoms with E-state index in [-0.39, 0.29) is 23.8 Å². The number of amides is 2. The first-order valence-electron chi connectivity index (χ1n) is 8.84. The van der Waals surface area contributed by atoms with Crippen molar-refractivity contribution >= 4 is 52.2 Å². The van der Waals surface area contributed by atoms with Crippen LogP contribution in [0.1, 0.15) is 31.4 Å². The lowest BCUT2D eigenvalue weighted by Crippen LogP contribution is -2.27. The summed E-state index contributed by atoms with van der Waals surface area (Å²) in [4.78, 5) is 26.7. The van der Waals surface area contributed by atoms with Crippen molar-refractivity contribution in [1.82, 2.24) is 4.90 Å². The second kappa shape index (κ2) is 9.03. The Balaban J connectivity index is 1.84. The second-order valence-electron chi connectivity index (χ2n) is 6.38. The quantitative estimate of drug-likeness (QED) is 0.491. The van der Waals surface area contributed by atoms with E-state index in [1.807, 2.05) is 38.1 Å². The molecule has 0 radical (unpaired) electrons. The van der Waals surface area contributed by atoms with Gasteiger partial charge in [0.2, 0.25) is 0 Å². The van der Waals surface area contributed by atoms with E-state index in [4.69, 9.17) is 27.9 Å². The Morgan fingerprint density at radius 3 is 2.64 bits per heavy atom. The number of imide groups is 1. The molecule has 2 aromatic rings. The molecule has 2 aromatic carbocycles. The minimum atomic E-state index is -0.348. The molecule has 1 fully saturated rings. The normalized spacial score (nSPS) is 16.7. The maximum atomic E-state index is 12.8. The lowest BCUT2D eigenvalue weighted by molar-refractivity contribution is -0.123. The Labute approximate surface area is 178 Å². The molecule has 1 aliphatic heterocycles. The maximum absolute atomic E-state index is 12.8. The third-order valence-electron chi connectivity index (χ3n) is 4.33. The van der Waals surface area contributed by atoms with Crippen molar-refractivity contribution in [2.45, 2.75) is 32.9 Å². The fourth-order valence-electron chi connectivity index (χ4n) is 2.60. The molecule has 1 atom stereocenters. The predicted octanol–water partition coefficient (Wildman–Crippen LogP) is 6.41. The summed E-state index contributed by atoms with van der Waals surface area (Å²) < 4.78 is 5.92. The molecule has 1 aliphatic rings. The summed E-state index contributed by atoms with van der Waals surface area (Å²) in [6.07, 6.45) is 2.62. The van der Waals surface area contributed by atoms with E-state index in [1.54, 1.807) is 24.3 Å². The van der Waals surface area contributed by atoms with Gasteiger partial charge in [-0.15, -0.1) is 0 Å². The Morgan fingerprint density at radius 2 is 1.93 bits per heavy atom.